The molecule has 3 nitrogen and oxygen atoms in total. The van der Waals surface area contributed by atoms with Crippen LogP contribution in [-0.4, -0.2) is 23.8 Å². The van der Waals surface area contributed by atoms with Crippen molar-refractivity contribution >= 4 is 0 Å². The van der Waals surface area contributed by atoms with Crippen LogP contribution in [0.1, 0.15) is 59.8 Å². The monoisotopic (exact) mass is 240 g/mol. The first kappa shape index (κ1) is 16.4. The molecule has 0 spiro atoms. The second-order valence-electron chi connectivity index (χ2n) is 5.56. The van der Waals surface area contributed by atoms with E-state index < -0.39 is 5.60 Å². The van der Waals surface area contributed by atoms with Crippen LogP contribution in [0.5, 0.6) is 0 Å². The molecule has 3 heteroatoms. The molecule has 0 radical (unpaired) electrons. The van der Waals surface area contributed by atoms with E-state index in [0.717, 1.165) is 38.6 Å². The van der Waals surface area contributed by atoms with Crippen molar-refractivity contribution in [2.75, 3.05) is 13.1 Å². The van der Waals surface area contributed by atoms with E-state index in [-0.39, 0.29) is 5.41 Å². The van der Waals surface area contributed by atoms with E-state index in [1.807, 2.05) is 27.7 Å². The molecule has 0 saturated heterocycles. The lowest BCUT2D eigenvalue weighted by Crippen LogP contribution is -2.39. The summed E-state index contributed by atoms with van der Waals surface area (Å²) in [4.78, 5) is 0. The van der Waals surface area contributed by atoms with Crippen LogP contribution in [0.4, 0.5) is 0 Å². The molecule has 0 atom stereocenters. The average Bonchev–Trinajstić information content (AvgIpc) is 2.33. The lowest BCUT2D eigenvalue weighted by Gasteiger charge is -2.25. The van der Waals surface area contributed by atoms with Crippen molar-refractivity contribution in [1.29, 1.82) is 5.26 Å². The molecule has 0 heterocycles. The van der Waals surface area contributed by atoms with E-state index in [0.29, 0.717) is 6.54 Å². The summed E-state index contributed by atoms with van der Waals surface area (Å²) < 4.78 is 0. The van der Waals surface area contributed by atoms with Gasteiger partial charge in [0.05, 0.1) is 17.1 Å². The molecule has 2 N–H and O–H groups in total. The third kappa shape index (κ3) is 7.36. The van der Waals surface area contributed by atoms with Crippen molar-refractivity contribution in [2.45, 2.75) is 65.4 Å². The zero-order valence-electron chi connectivity index (χ0n) is 11.8. The highest BCUT2D eigenvalue weighted by Gasteiger charge is 2.21. The minimum atomic E-state index is -0.550. The topological polar surface area (TPSA) is 56.0 Å². The zero-order valence-corrected chi connectivity index (χ0v) is 11.8. The van der Waals surface area contributed by atoms with E-state index in [4.69, 9.17) is 5.26 Å². The van der Waals surface area contributed by atoms with Gasteiger partial charge in [0.2, 0.25) is 0 Å². The van der Waals surface area contributed by atoms with Crippen LogP contribution >= 0.6 is 0 Å². The van der Waals surface area contributed by atoms with E-state index in [1.165, 1.54) is 0 Å². The summed E-state index contributed by atoms with van der Waals surface area (Å²) in [5, 5.41) is 22.2. The summed E-state index contributed by atoms with van der Waals surface area (Å²) in [7, 11) is 0. The third-order valence-electron chi connectivity index (χ3n) is 3.48. The van der Waals surface area contributed by atoms with Gasteiger partial charge in [0.25, 0.3) is 0 Å². The van der Waals surface area contributed by atoms with E-state index >= 15 is 0 Å². The Morgan fingerprint density at radius 3 is 2.24 bits per heavy atom. The van der Waals surface area contributed by atoms with Crippen molar-refractivity contribution in [1.82, 2.24) is 5.32 Å². The summed E-state index contributed by atoms with van der Waals surface area (Å²) in [6.45, 7) is 9.58. The van der Waals surface area contributed by atoms with Gasteiger partial charge in [-0.3, -0.25) is 0 Å². The Morgan fingerprint density at radius 2 is 1.76 bits per heavy atom. The number of hydrogen-bond donors (Lipinski definition) is 2. The van der Waals surface area contributed by atoms with Crippen molar-refractivity contribution in [2.24, 2.45) is 5.41 Å². The molecule has 0 aliphatic heterocycles. The molecule has 17 heavy (non-hydrogen) atoms. The fourth-order valence-electron chi connectivity index (χ4n) is 1.69. The second kappa shape index (κ2) is 7.68. The van der Waals surface area contributed by atoms with Crippen molar-refractivity contribution in [3.63, 3.8) is 0 Å². The number of nitriles is 1. The lowest BCUT2D eigenvalue weighted by molar-refractivity contribution is 0.0326. The first-order chi connectivity index (χ1) is 7.89. The highest BCUT2D eigenvalue weighted by molar-refractivity contribution is 4.91. The molecule has 0 bridgehead atoms. The van der Waals surface area contributed by atoms with E-state index in [1.54, 1.807) is 0 Å². The molecule has 0 aromatic carbocycles. The SMILES string of the molecule is CCC(O)(CC)CNCCCCC(C)(C)C#N. The number of nitrogens with one attached hydrogen (secondary N) is 1. The summed E-state index contributed by atoms with van der Waals surface area (Å²) in [5.74, 6) is 0. The molecule has 0 saturated carbocycles. The second-order valence-corrected chi connectivity index (χ2v) is 5.56. The summed E-state index contributed by atoms with van der Waals surface area (Å²) >= 11 is 0. The normalized spacial score (nSPS) is 12.5. The molecule has 100 valence electrons. The molecule has 0 rings (SSSR count). The van der Waals surface area contributed by atoms with Gasteiger partial charge in [0, 0.05) is 6.54 Å². The standard InChI is InChI=1S/C14H28N2O/c1-5-14(17,6-2)12-16-10-8-7-9-13(3,4)11-15/h16-17H,5-10,12H2,1-4H3. The van der Waals surface area contributed by atoms with Crippen LogP contribution in [-0.2, 0) is 0 Å². The predicted octanol–water partition coefficient (Wildman–Crippen LogP) is 2.85. The Morgan fingerprint density at radius 1 is 1.18 bits per heavy atom. The van der Waals surface area contributed by atoms with Gasteiger partial charge in [0.15, 0.2) is 0 Å². The predicted molar refractivity (Wildman–Crippen MR) is 71.6 cm³/mol. The maximum Gasteiger partial charge on any atom is 0.0766 e. The van der Waals surface area contributed by atoms with Gasteiger partial charge < -0.3 is 10.4 Å². The van der Waals surface area contributed by atoms with Crippen LogP contribution in [0.25, 0.3) is 0 Å². The fraction of sp³-hybridized carbons (Fsp3) is 0.929. The van der Waals surface area contributed by atoms with Crippen molar-refractivity contribution < 1.29 is 5.11 Å². The Balaban J connectivity index is 3.58. The highest BCUT2D eigenvalue weighted by Crippen LogP contribution is 2.21. The van der Waals surface area contributed by atoms with Gasteiger partial charge in [-0.2, -0.15) is 5.26 Å². The maximum absolute atomic E-state index is 10.0. The van der Waals surface area contributed by atoms with Crippen LogP contribution in [0, 0.1) is 16.7 Å². The number of nitrogens with zero attached hydrogens (tertiary/aromatic N) is 1. The minimum Gasteiger partial charge on any atom is -0.389 e. The first-order valence-corrected chi connectivity index (χ1v) is 6.73. The number of rotatable bonds is 9. The molecule has 0 aliphatic carbocycles. The van der Waals surface area contributed by atoms with Crippen LogP contribution in [0.15, 0.2) is 0 Å². The van der Waals surface area contributed by atoms with Crippen LogP contribution in [0.3, 0.4) is 0 Å². The summed E-state index contributed by atoms with van der Waals surface area (Å²) in [5.41, 5.74) is -0.750. The largest absolute Gasteiger partial charge is 0.389 e. The molecule has 0 unspecified atom stereocenters. The summed E-state index contributed by atoms with van der Waals surface area (Å²) in [6, 6.07) is 2.31. The summed E-state index contributed by atoms with van der Waals surface area (Å²) in [6.07, 6.45) is 4.64. The molecular formula is C14H28N2O. The Hall–Kier alpha value is -0.590. The molecule has 0 aromatic heterocycles. The van der Waals surface area contributed by atoms with Gasteiger partial charge in [-0.15, -0.1) is 0 Å². The van der Waals surface area contributed by atoms with Crippen LogP contribution < -0.4 is 5.32 Å². The number of aliphatic hydroxyl groups is 1. The molecule has 0 aliphatic rings. The Kier molecular flexibility index (Phi) is 7.41. The first-order valence-electron chi connectivity index (χ1n) is 6.73. The molecule has 0 amide bonds. The third-order valence-corrected chi connectivity index (χ3v) is 3.48. The molecule has 0 aromatic rings. The van der Waals surface area contributed by atoms with Gasteiger partial charge in [-0.05, 0) is 46.1 Å². The smallest absolute Gasteiger partial charge is 0.0766 e. The fourth-order valence-corrected chi connectivity index (χ4v) is 1.69. The quantitative estimate of drug-likeness (QED) is 0.609. The van der Waals surface area contributed by atoms with Gasteiger partial charge in [0.1, 0.15) is 0 Å². The Bertz CT molecular complexity index is 239. The van der Waals surface area contributed by atoms with Crippen LogP contribution in [0.2, 0.25) is 0 Å². The van der Waals surface area contributed by atoms with Crippen molar-refractivity contribution in [3.8, 4) is 6.07 Å². The average molecular weight is 240 g/mol. The van der Waals surface area contributed by atoms with Gasteiger partial charge >= 0.3 is 0 Å². The van der Waals surface area contributed by atoms with Crippen molar-refractivity contribution in [3.05, 3.63) is 0 Å². The van der Waals surface area contributed by atoms with E-state index in [9.17, 15) is 5.11 Å². The Labute approximate surface area is 106 Å². The zero-order chi connectivity index (χ0) is 13.4. The maximum atomic E-state index is 10.0. The van der Waals surface area contributed by atoms with Gasteiger partial charge in [-0.25, -0.2) is 0 Å². The van der Waals surface area contributed by atoms with E-state index in [2.05, 4.69) is 11.4 Å². The lowest BCUT2D eigenvalue weighted by atomic mass is 9.89. The number of hydrogen-bond acceptors (Lipinski definition) is 3. The highest BCUT2D eigenvalue weighted by atomic mass is 16.3. The molecular weight excluding hydrogens is 212 g/mol. The van der Waals surface area contributed by atoms with Gasteiger partial charge in [-0.1, -0.05) is 20.3 Å². The number of unbranched alkanes of at least 4 members (excludes halogenated alkanes) is 1. The molecule has 0 fully saturated rings. The minimum absolute atomic E-state index is 0.201.